The van der Waals surface area contributed by atoms with Gasteiger partial charge in [-0.25, -0.2) is 8.78 Å². The number of carbonyl (C=O) groups excluding carboxylic acids is 2. The van der Waals surface area contributed by atoms with Gasteiger partial charge >= 0.3 is 0 Å². The number of hydrogen-bond acceptors (Lipinski definition) is 4. The molecule has 0 fully saturated rings. The van der Waals surface area contributed by atoms with Crippen molar-refractivity contribution in [2.75, 3.05) is 19.5 Å². The number of methoxy groups -OCH3 is 1. The van der Waals surface area contributed by atoms with Gasteiger partial charge in [0.25, 0.3) is 11.8 Å². The van der Waals surface area contributed by atoms with E-state index >= 15 is 0 Å². The van der Waals surface area contributed by atoms with E-state index in [2.05, 4.69) is 5.32 Å². The molecule has 1 aliphatic rings. The molecule has 1 N–H and O–H groups in total. The summed E-state index contributed by atoms with van der Waals surface area (Å²) in [6, 6.07) is 9.76. The molecule has 5 nitrogen and oxygen atoms in total. The maximum absolute atomic E-state index is 13.4. The Morgan fingerprint density at radius 3 is 2.24 bits per heavy atom. The molecule has 0 saturated carbocycles. The molecular formula is C18H14F2N2O3. The van der Waals surface area contributed by atoms with Gasteiger partial charge in [0.2, 0.25) is 0 Å². The quantitative estimate of drug-likeness (QED) is 0.867. The second kappa shape index (κ2) is 6.35. The Kier molecular flexibility index (Phi) is 4.22. The summed E-state index contributed by atoms with van der Waals surface area (Å²) in [5, 5.41) is 2.73. The number of ether oxygens (including phenoxy) is 1. The third kappa shape index (κ3) is 2.96. The second-order valence-electron chi connectivity index (χ2n) is 5.40. The highest BCUT2D eigenvalue weighted by atomic mass is 19.2. The largest absolute Gasteiger partial charge is 0.497 e. The van der Waals surface area contributed by atoms with Gasteiger partial charge in [0.05, 0.1) is 12.7 Å². The molecular weight excluding hydrogens is 330 g/mol. The van der Waals surface area contributed by atoms with Crippen LogP contribution in [0.4, 0.5) is 14.5 Å². The monoisotopic (exact) mass is 344 g/mol. The predicted molar refractivity (Wildman–Crippen MR) is 87.7 cm³/mol. The molecule has 7 heteroatoms. The zero-order valence-corrected chi connectivity index (χ0v) is 13.5. The molecule has 0 saturated heterocycles. The van der Waals surface area contributed by atoms with Gasteiger partial charge in [0.1, 0.15) is 11.4 Å². The standard InChI is InChI=1S/C18H14F2N2O3/c1-22-17(23)15(10-3-6-12(25-2)7-4-10)16(18(22)24)21-11-5-8-13(19)14(20)9-11/h3-9,21H,1-2H3. The van der Waals surface area contributed by atoms with Crippen LogP contribution in [0.5, 0.6) is 5.75 Å². The summed E-state index contributed by atoms with van der Waals surface area (Å²) in [5.74, 6) is -2.49. The number of carbonyl (C=O) groups is 2. The lowest BCUT2D eigenvalue weighted by Crippen LogP contribution is -2.27. The highest BCUT2D eigenvalue weighted by molar-refractivity contribution is 6.36. The average Bonchev–Trinajstić information content (AvgIpc) is 2.82. The first kappa shape index (κ1) is 16.6. The van der Waals surface area contributed by atoms with Crippen molar-refractivity contribution in [1.82, 2.24) is 4.90 Å². The van der Waals surface area contributed by atoms with Gasteiger partial charge in [-0.05, 0) is 29.8 Å². The molecule has 3 rings (SSSR count). The molecule has 2 aromatic carbocycles. The number of nitrogens with one attached hydrogen (secondary N) is 1. The van der Waals surface area contributed by atoms with Gasteiger partial charge in [-0.2, -0.15) is 0 Å². The fourth-order valence-electron chi connectivity index (χ4n) is 2.50. The fourth-order valence-corrected chi connectivity index (χ4v) is 2.50. The number of halogens is 2. The minimum absolute atomic E-state index is 0.00340. The molecule has 2 aromatic rings. The highest BCUT2D eigenvalue weighted by Crippen LogP contribution is 2.30. The van der Waals surface area contributed by atoms with Crippen molar-refractivity contribution in [2.24, 2.45) is 0 Å². The molecule has 25 heavy (non-hydrogen) atoms. The summed E-state index contributed by atoms with van der Waals surface area (Å²) in [6.07, 6.45) is 0. The van der Waals surface area contributed by atoms with Crippen molar-refractivity contribution in [2.45, 2.75) is 0 Å². The lowest BCUT2D eigenvalue weighted by Gasteiger charge is -2.09. The normalized spacial score (nSPS) is 14.3. The number of nitrogens with zero attached hydrogens (tertiary/aromatic N) is 1. The molecule has 2 amide bonds. The van der Waals surface area contributed by atoms with E-state index in [1.165, 1.54) is 20.2 Å². The van der Waals surface area contributed by atoms with E-state index in [-0.39, 0.29) is 17.0 Å². The minimum Gasteiger partial charge on any atom is -0.497 e. The number of benzene rings is 2. The Morgan fingerprint density at radius 1 is 0.960 bits per heavy atom. The van der Waals surface area contributed by atoms with E-state index in [1.807, 2.05) is 0 Å². The lowest BCUT2D eigenvalue weighted by molar-refractivity contribution is -0.135. The van der Waals surface area contributed by atoms with Gasteiger partial charge in [-0.3, -0.25) is 14.5 Å². The highest BCUT2D eigenvalue weighted by Gasteiger charge is 2.36. The summed E-state index contributed by atoms with van der Waals surface area (Å²) in [5.41, 5.74) is 0.827. The number of anilines is 1. The van der Waals surface area contributed by atoms with Crippen LogP contribution < -0.4 is 10.1 Å². The summed E-state index contributed by atoms with van der Waals surface area (Å²) < 4.78 is 31.5. The lowest BCUT2D eigenvalue weighted by atomic mass is 10.0. The zero-order chi connectivity index (χ0) is 18.1. The van der Waals surface area contributed by atoms with Gasteiger partial charge < -0.3 is 10.1 Å². The van der Waals surface area contributed by atoms with Crippen LogP contribution in [-0.4, -0.2) is 30.9 Å². The van der Waals surface area contributed by atoms with Gasteiger partial charge in [-0.15, -0.1) is 0 Å². The van der Waals surface area contributed by atoms with Crippen molar-refractivity contribution in [3.63, 3.8) is 0 Å². The summed E-state index contributed by atoms with van der Waals surface area (Å²) >= 11 is 0. The van der Waals surface area contributed by atoms with Gasteiger partial charge in [-0.1, -0.05) is 12.1 Å². The molecule has 0 spiro atoms. The molecule has 1 heterocycles. The van der Waals surface area contributed by atoms with Gasteiger partial charge in [0.15, 0.2) is 11.6 Å². The Balaban J connectivity index is 2.05. The summed E-state index contributed by atoms with van der Waals surface area (Å²) in [6.45, 7) is 0. The molecule has 0 aromatic heterocycles. The molecule has 1 aliphatic heterocycles. The number of rotatable bonds is 4. The van der Waals surface area contributed by atoms with E-state index in [1.54, 1.807) is 24.3 Å². The van der Waals surface area contributed by atoms with Gasteiger partial charge in [0, 0.05) is 18.8 Å². The van der Waals surface area contributed by atoms with Crippen LogP contribution in [-0.2, 0) is 9.59 Å². The molecule has 0 radical (unpaired) electrons. The maximum atomic E-state index is 13.4. The first-order valence-corrected chi connectivity index (χ1v) is 7.35. The number of hydrogen-bond donors (Lipinski definition) is 1. The number of likely N-dealkylation sites (N-methyl/N-ethyl adjacent to an activating group) is 1. The van der Waals surface area contributed by atoms with E-state index in [9.17, 15) is 18.4 Å². The van der Waals surface area contributed by atoms with Crippen LogP contribution in [0.15, 0.2) is 48.2 Å². The van der Waals surface area contributed by atoms with Crippen LogP contribution in [0, 0.1) is 11.6 Å². The Bertz CT molecular complexity index is 892. The first-order valence-electron chi connectivity index (χ1n) is 7.35. The van der Waals surface area contributed by atoms with E-state index < -0.39 is 23.4 Å². The van der Waals surface area contributed by atoms with Crippen molar-refractivity contribution in [3.05, 3.63) is 65.4 Å². The van der Waals surface area contributed by atoms with Crippen LogP contribution in [0.3, 0.4) is 0 Å². The minimum atomic E-state index is -1.05. The Labute approximate surface area is 142 Å². The van der Waals surface area contributed by atoms with Crippen molar-refractivity contribution in [3.8, 4) is 5.75 Å². The molecule has 0 unspecified atom stereocenters. The third-order valence-electron chi connectivity index (χ3n) is 3.85. The van der Waals surface area contributed by atoms with Crippen LogP contribution in [0.2, 0.25) is 0 Å². The number of amides is 2. The van der Waals surface area contributed by atoms with Crippen LogP contribution >= 0.6 is 0 Å². The van der Waals surface area contributed by atoms with Crippen molar-refractivity contribution in [1.29, 1.82) is 0 Å². The van der Waals surface area contributed by atoms with Crippen molar-refractivity contribution >= 4 is 23.1 Å². The zero-order valence-electron chi connectivity index (χ0n) is 13.5. The SMILES string of the molecule is COc1ccc(C2=C(Nc3ccc(F)c(F)c3)C(=O)N(C)C2=O)cc1. The Hall–Kier alpha value is -3.22. The summed E-state index contributed by atoms with van der Waals surface area (Å²) in [7, 11) is 2.87. The average molecular weight is 344 g/mol. The summed E-state index contributed by atoms with van der Waals surface area (Å²) in [4.78, 5) is 25.8. The maximum Gasteiger partial charge on any atom is 0.277 e. The molecule has 0 atom stereocenters. The van der Waals surface area contributed by atoms with E-state index in [0.717, 1.165) is 17.0 Å². The van der Waals surface area contributed by atoms with E-state index in [0.29, 0.717) is 11.3 Å². The van der Waals surface area contributed by atoms with Crippen LogP contribution in [0.25, 0.3) is 5.57 Å². The first-order chi connectivity index (χ1) is 11.9. The molecule has 128 valence electrons. The second-order valence-corrected chi connectivity index (χ2v) is 5.40. The van der Waals surface area contributed by atoms with Crippen molar-refractivity contribution < 1.29 is 23.1 Å². The number of imide groups is 1. The van der Waals surface area contributed by atoms with Crippen LogP contribution in [0.1, 0.15) is 5.56 Å². The van der Waals surface area contributed by atoms with E-state index in [4.69, 9.17) is 4.74 Å². The smallest absolute Gasteiger partial charge is 0.277 e. The molecule has 0 bridgehead atoms. The molecule has 0 aliphatic carbocycles. The Morgan fingerprint density at radius 2 is 1.64 bits per heavy atom. The predicted octanol–water partition coefficient (Wildman–Crippen LogP) is 2.80. The third-order valence-corrected chi connectivity index (χ3v) is 3.85. The fraction of sp³-hybridized carbons (Fsp3) is 0.111. The topological polar surface area (TPSA) is 58.6 Å².